The Kier molecular flexibility index (Phi) is 3.99. The smallest absolute Gasteiger partial charge is 0.267 e. The number of nitrogens with zero attached hydrogens (tertiary/aromatic N) is 3. The lowest BCUT2D eigenvalue weighted by molar-refractivity contribution is 0.590. The van der Waals surface area contributed by atoms with Gasteiger partial charge in [0, 0.05) is 19.8 Å². The highest BCUT2D eigenvalue weighted by atomic mass is 32.2. The van der Waals surface area contributed by atoms with Crippen LogP contribution in [0.15, 0.2) is 41.6 Å². The Morgan fingerprint density at radius 2 is 2.05 bits per heavy atom. The molecule has 0 unspecified atom stereocenters. The minimum Gasteiger partial charge on any atom is -0.397 e. The molecule has 7 heteroatoms. The summed E-state index contributed by atoms with van der Waals surface area (Å²) in [6, 6.07) is 6.95. The van der Waals surface area contributed by atoms with Crippen molar-refractivity contribution in [1.29, 1.82) is 0 Å². The molecule has 2 aromatic rings. The van der Waals surface area contributed by atoms with E-state index in [4.69, 9.17) is 5.73 Å². The number of nitrogens with two attached hydrogens (primary N) is 1. The molecule has 20 heavy (non-hydrogen) atoms. The van der Waals surface area contributed by atoms with Crippen molar-refractivity contribution in [2.45, 2.75) is 18.2 Å². The highest BCUT2D eigenvalue weighted by Crippen LogP contribution is 2.28. The number of anilines is 2. The predicted molar refractivity (Wildman–Crippen MR) is 78.9 cm³/mol. The first-order chi connectivity index (χ1) is 9.46. The van der Waals surface area contributed by atoms with Gasteiger partial charge in [0.15, 0.2) is 0 Å². The lowest BCUT2D eigenvalue weighted by Crippen LogP contribution is -2.32. The van der Waals surface area contributed by atoms with Gasteiger partial charge in [-0.25, -0.2) is 8.42 Å². The Balaban J connectivity index is 2.51. The summed E-state index contributed by atoms with van der Waals surface area (Å²) >= 11 is 0. The molecule has 0 bridgehead atoms. The maximum atomic E-state index is 12.7. The number of rotatable bonds is 5. The summed E-state index contributed by atoms with van der Waals surface area (Å²) in [6.45, 7) is 2.29. The zero-order chi connectivity index (χ0) is 14.8. The minimum absolute atomic E-state index is 0.164. The van der Waals surface area contributed by atoms with Crippen LogP contribution in [0.4, 0.5) is 11.4 Å². The Hall–Kier alpha value is -2.02. The van der Waals surface area contributed by atoms with E-state index in [1.54, 1.807) is 31.3 Å². The summed E-state index contributed by atoms with van der Waals surface area (Å²) in [5.41, 5.74) is 6.84. The highest BCUT2D eigenvalue weighted by Gasteiger charge is 2.26. The minimum atomic E-state index is -3.65. The monoisotopic (exact) mass is 294 g/mol. The van der Waals surface area contributed by atoms with Crippen molar-refractivity contribution in [1.82, 2.24) is 9.78 Å². The molecule has 0 aliphatic heterocycles. The van der Waals surface area contributed by atoms with Crippen LogP contribution >= 0.6 is 0 Å². The standard InChI is InChI=1S/C13H18N4O2S/c1-3-8-17(13-7-5-4-6-12(13)14)20(18,19)11-9-15-16(2)10-11/h4-7,9-10H,3,8,14H2,1-2H3. The molecular formula is C13H18N4O2S. The van der Waals surface area contributed by atoms with Crippen LogP contribution in [0.3, 0.4) is 0 Å². The van der Waals surface area contributed by atoms with Gasteiger partial charge in [-0.15, -0.1) is 0 Å². The zero-order valence-electron chi connectivity index (χ0n) is 11.5. The molecule has 2 N–H and O–H groups in total. The van der Waals surface area contributed by atoms with Gasteiger partial charge in [-0.05, 0) is 18.6 Å². The fourth-order valence-electron chi connectivity index (χ4n) is 1.95. The molecule has 0 aliphatic rings. The number of benzene rings is 1. The van der Waals surface area contributed by atoms with Gasteiger partial charge in [0.1, 0.15) is 4.90 Å². The summed E-state index contributed by atoms with van der Waals surface area (Å²) in [4.78, 5) is 0.164. The molecular weight excluding hydrogens is 276 g/mol. The lowest BCUT2D eigenvalue weighted by atomic mass is 10.2. The van der Waals surface area contributed by atoms with Crippen LogP contribution in [0.5, 0.6) is 0 Å². The SMILES string of the molecule is CCCN(c1ccccc1N)S(=O)(=O)c1cnn(C)c1. The summed E-state index contributed by atoms with van der Waals surface area (Å²) in [6.07, 6.45) is 3.52. The number of aryl methyl sites for hydroxylation is 1. The first-order valence-corrected chi connectivity index (χ1v) is 7.76. The second-order valence-electron chi connectivity index (χ2n) is 4.49. The van der Waals surface area contributed by atoms with E-state index < -0.39 is 10.0 Å². The fourth-order valence-corrected chi connectivity index (χ4v) is 3.52. The van der Waals surface area contributed by atoms with Gasteiger partial charge >= 0.3 is 0 Å². The van der Waals surface area contributed by atoms with Gasteiger partial charge in [0.2, 0.25) is 0 Å². The number of nitrogen functional groups attached to an aromatic ring is 1. The second kappa shape index (κ2) is 5.54. The predicted octanol–water partition coefficient (Wildman–Crippen LogP) is 1.61. The van der Waals surface area contributed by atoms with Crippen LogP contribution in [0.25, 0.3) is 0 Å². The van der Waals surface area contributed by atoms with E-state index in [2.05, 4.69) is 5.10 Å². The second-order valence-corrected chi connectivity index (χ2v) is 6.35. The van der Waals surface area contributed by atoms with Gasteiger partial charge in [-0.2, -0.15) is 5.10 Å². The zero-order valence-corrected chi connectivity index (χ0v) is 12.3. The van der Waals surface area contributed by atoms with Crippen molar-refractivity contribution in [3.63, 3.8) is 0 Å². The van der Waals surface area contributed by atoms with Crippen molar-refractivity contribution in [2.75, 3.05) is 16.6 Å². The Morgan fingerprint density at radius 3 is 2.60 bits per heavy atom. The lowest BCUT2D eigenvalue weighted by Gasteiger charge is -2.24. The molecule has 0 saturated heterocycles. The third kappa shape index (κ3) is 2.62. The van der Waals surface area contributed by atoms with Crippen molar-refractivity contribution in [2.24, 2.45) is 7.05 Å². The maximum absolute atomic E-state index is 12.7. The number of sulfonamides is 1. The third-order valence-electron chi connectivity index (χ3n) is 2.90. The molecule has 0 saturated carbocycles. The van der Waals surface area contributed by atoms with E-state index >= 15 is 0 Å². The summed E-state index contributed by atoms with van der Waals surface area (Å²) in [5, 5.41) is 3.92. The van der Waals surface area contributed by atoms with Gasteiger partial charge in [-0.3, -0.25) is 8.99 Å². The third-order valence-corrected chi connectivity index (χ3v) is 4.67. The van der Waals surface area contributed by atoms with E-state index in [1.165, 1.54) is 21.4 Å². The van der Waals surface area contributed by atoms with Gasteiger partial charge in [0.25, 0.3) is 10.0 Å². The molecule has 1 aromatic carbocycles. The molecule has 1 heterocycles. The fraction of sp³-hybridized carbons (Fsp3) is 0.308. The molecule has 0 amide bonds. The topological polar surface area (TPSA) is 81.2 Å². The quantitative estimate of drug-likeness (QED) is 0.849. The molecule has 0 spiro atoms. The van der Waals surface area contributed by atoms with Crippen molar-refractivity contribution in [3.05, 3.63) is 36.7 Å². The molecule has 0 radical (unpaired) electrons. The Morgan fingerprint density at radius 1 is 1.35 bits per heavy atom. The van der Waals surface area contributed by atoms with Gasteiger partial charge in [0.05, 0.1) is 17.6 Å². The molecule has 1 aromatic heterocycles. The molecule has 0 aliphatic carbocycles. The van der Waals surface area contributed by atoms with Crippen LogP contribution in [0, 0.1) is 0 Å². The number of para-hydroxylation sites is 2. The first kappa shape index (κ1) is 14.4. The van der Waals surface area contributed by atoms with Crippen molar-refractivity contribution >= 4 is 21.4 Å². The summed E-state index contributed by atoms with van der Waals surface area (Å²) in [7, 11) is -1.97. The van der Waals surface area contributed by atoms with E-state index in [9.17, 15) is 8.42 Å². The van der Waals surface area contributed by atoms with Crippen LogP contribution in [0.1, 0.15) is 13.3 Å². The normalized spacial score (nSPS) is 11.5. The van der Waals surface area contributed by atoms with E-state index in [0.29, 0.717) is 24.3 Å². The Labute approximate surface area is 118 Å². The molecule has 0 atom stereocenters. The van der Waals surface area contributed by atoms with Crippen molar-refractivity contribution in [3.8, 4) is 0 Å². The first-order valence-electron chi connectivity index (χ1n) is 6.32. The van der Waals surface area contributed by atoms with Crippen LogP contribution in [0.2, 0.25) is 0 Å². The average molecular weight is 294 g/mol. The largest absolute Gasteiger partial charge is 0.397 e. The van der Waals surface area contributed by atoms with Crippen LogP contribution in [-0.2, 0) is 17.1 Å². The van der Waals surface area contributed by atoms with Gasteiger partial charge < -0.3 is 5.73 Å². The van der Waals surface area contributed by atoms with E-state index in [1.807, 2.05) is 6.92 Å². The number of hydrogen-bond donors (Lipinski definition) is 1. The number of hydrogen-bond acceptors (Lipinski definition) is 4. The summed E-state index contributed by atoms with van der Waals surface area (Å²) in [5.74, 6) is 0. The molecule has 2 rings (SSSR count). The maximum Gasteiger partial charge on any atom is 0.267 e. The highest BCUT2D eigenvalue weighted by molar-refractivity contribution is 7.92. The van der Waals surface area contributed by atoms with Crippen LogP contribution in [-0.4, -0.2) is 24.7 Å². The van der Waals surface area contributed by atoms with E-state index in [-0.39, 0.29) is 4.90 Å². The molecule has 0 fully saturated rings. The van der Waals surface area contributed by atoms with E-state index in [0.717, 1.165) is 0 Å². The van der Waals surface area contributed by atoms with Crippen molar-refractivity contribution < 1.29 is 8.42 Å². The van der Waals surface area contributed by atoms with Crippen LogP contribution < -0.4 is 10.0 Å². The number of aromatic nitrogens is 2. The molecule has 6 nitrogen and oxygen atoms in total. The van der Waals surface area contributed by atoms with Gasteiger partial charge in [-0.1, -0.05) is 19.1 Å². The molecule has 108 valence electrons. The Bertz CT molecular complexity index is 694. The summed E-state index contributed by atoms with van der Waals surface area (Å²) < 4.78 is 28.2. The average Bonchev–Trinajstić information content (AvgIpc) is 2.84.